The summed E-state index contributed by atoms with van der Waals surface area (Å²) in [5, 5.41) is 0. The third kappa shape index (κ3) is 49.8. The highest BCUT2D eigenvalue weighted by atomic mass is 16.6. The average Bonchev–Trinajstić information content (AvgIpc) is 3.28. The monoisotopic (exact) mass is 905 g/mol. The van der Waals surface area contributed by atoms with Crippen LogP contribution in [0.4, 0.5) is 0 Å². The number of ether oxygens (including phenoxy) is 3. The van der Waals surface area contributed by atoms with E-state index in [9.17, 15) is 14.4 Å². The second kappa shape index (κ2) is 50.8. The number of hydrogen-bond acceptors (Lipinski definition) is 6. The third-order valence-electron chi connectivity index (χ3n) is 13.6. The Balaban J connectivity index is 4.25. The topological polar surface area (TPSA) is 78.9 Å². The van der Waals surface area contributed by atoms with Crippen LogP contribution in [0.5, 0.6) is 0 Å². The lowest BCUT2D eigenvalue weighted by atomic mass is 9.99. The zero-order chi connectivity index (χ0) is 46.8. The smallest absolute Gasteiger partial charge is 0.306 e. The molecule has 0 aliphatic carbocycles. The molecule has 6 nitrogen and oxygen atoms in total. The standard InChI is InChI=1S/C58H112O6/c1-6-8-9-10-11-12-13-14-15-16-17-21-24-27-33-38-43-48-56(59)62-51-55(64-58(61)50-45-40-35-30-29-31-36-41-46-53(3)4)52-63-57(60)49-44-39-34-28-25-22-19-18-20-23-26-32-37-42-47-54(5)7-2/h53-55H,6-52H2,1-5H3/t54?,55-/m1/s1. The molecule has 1 unspecified atom stereocenters. The van der Waals surface area contributed by atoms with Crippen molar-refractivity contribution in [2.24, 2.45) is 11.8 Å². The molecule has 0 fully saturated rings. The molecule has 380 valence electrons. The SMILES string of the molecule is CCCCCCCCCCCCCCCCCCCC(=O)OC[C@H](COC(=O)CCCCCCCCCCCCCCCCC(C)CC)OC(=O)CCCCCCCCCCC(C)C. The van der Waals surface area contributed by atoms with E-state index in [0.717, 1.165) is 69.6 Å². The summed E-state index contributed by atoms with van der Waals surface area (Å²) in [5.74, 6) is 0.846. The summed E-state index contributed by atoms with van der Waals surface area (Å²) < 4.78 is 16.9. The van der Waals surface area contributed by atoms with Gasteiger partial charge in [-0.05, 0) is 31.1 Å². The molecular formula is C58H112O6. The van der Waals surface area contributed by atoms with Crippen molar-refractivity contribution in [1.29, 1.82) is 0 Å². The van der Waals surface area contributed by atoms with Crippen LogP contribution in [0, 0.1) is 11.8 Å². The van der Waals surface area contributed by atoms with Crippen molar-refractivity contribution in [2.75, 3.05) is 13.2 Å². The summed E-state index contributed by atoms with van der Waals surface area (Å²) in [6, 6.07) is 0. The van der Waals surface area contributed by atoms with E-state index in [-0.39, 0.29) is 31.1 Å². The van der Waals surface area contributed by atoms with E-state index in [4.69, 9.17) is 14.2 Å². The number of carbonyl (C=O) groups excluding carboxylic acids is 3. The number of esters is 3. The van der Waals surface area contributed by atoms with E-state index >= 15 is 0 Å². The van der Waals surface area contributed by atoms with Crippen molar-refractivity contribution in [2.45, 2.75) is 330 Å². The van der Waals surface area contributed by atoms with Gasteiger partial charge < -0.3 is 14.2 Å². The molecule has 0 amide bonds. The molecular weight excluding hydrogens is 793 g/mol. The van der Waals surface area contributed by atoms with Gasteiger partial charge in [-0.2, -0.15) is 0 Å². The van der Waals surface area contributed by atoms with Crippen LogP contribution >= 0.6 is 0 Å². The molecule has 0 bridgehead atoms. The number of hydrogen-bond donors (Lipinski definition) is 0. The second-order valence-electron chi connectivity index (χ2n) is 20.6. The van der Waals surface area contributed by atoms with Crippen molar-refractivity contribution in [3.8, 4) is 0 Å². The molecule has 64 heavy (non-hydrogen) atoms. The molecule has 0 aliphatic rings. The minimum Gasteiger partial charge on any atom is -0.462 e. The normalized spacial score (nSPS) is 12.5. The van der Waals surface area contributed by atoms with Gasteiger partial charge in [-0.25, -0.2) is 0 Å². The summed E-state index contributed by atoms with van der Waals surface area (Å²) in [4.78, 5) is 38.1. The minimum atomic E-state index is -0.763. The Morgan fingerprint density at radius 3 is 0.891 bits per heavy atom. The van der Waals surface area contributed by atoms with E-state index in [1.54, 1.807) is 0 Å². The number of carbonyl (C=O) groups is 3. The van der Waals surface area contributed by atoms with Gasteiger partial charge in [-0.15, -0.1) is 0 Å². The first-order chi connectivity index (χ1) is 31.3. The third-order valence-corrected chi connectivity index (χ3v) is 13.6. The van der Waals surface area contributed by atoms with Crippen LogP contribution in [0.1, 0.15) is 324 Å². The van der Waals surface area contributed by atoms with Crippen LogP contribution in [0.25, 0.3) is 0 Å². The molecule has 0 rings (SSSR count). The van der Waals surface area contributed by atoms with Gasteiger partial charge in [0.2, 0.25) is 0 Å². The van der Waals surface area contributed by atoms with Crippen molar-refractivity contribution in [3.63, 3.8) is 0 Å². The van der Waals surface area contributed by atoms with E-state index < -0.39 is 6.10 Å². The number of unbranched alkanes of at least 4 members (excludes halogenated alkanes) is 36. The van der Waals surface area contributed by atoms with Crippen LogP contribution in [0.2, 0.25) is 0 Å². The van der Waals surface area contributed by atoms with Gasteiger partial charge in [-0.1, -0.05) is 285 Å². The van der Waals surface area contributed by atoms with Crippen LogP contribution in [-0.2, 0) is 28.6 Å². The van der Waals surface area contributed by atoms with E-state index in [1.807, 2.05) is 0 Å². The summed E-state index contributed by atoms with van der Waals surface area (Å²) in [5.41, 5.74) is 0. The first kappa shape index (κ1) is 62.4. The van der Waals surface area contributed by atoms with E-state index in [0.29, 0.717) is 19.3 Å². The minimum absolute atomic E-state index is 0.0634. The predicted octanol–water partition coefficient (Wildman–Crippen LogP) is 18.9. The molecule has 0 heterocycles. The molecule has 0 aromatic carbocycles. The van der Waals surface area contributed by atoms with Crippen molar-refractivity contribution >= 4 is 17.9 Å². The maximum Gasteiger partial charge on any atom is 0.306 e. The predicted molar refractivity (Wildman–Crippen MR) is 275 cm³/mol. The van der Waals surface area contributed by atoms with Crippen LogP contribution < -0.4 is 0 Å². The average molecular weight is 906 g/mol. The summed E-state index contributed by atoms with van der Waals surface area (Å²) in [6.07, 6.45) is 53.8. The van der Waals surface area contributed by atoms with Crippen molar-refractivity contribution in [3.05, 3.63) is 0 Å². The Labute approximate surface area is 399 Å². The summed E-state index contributed by atoms with van der Waals surface area (Å²) in [6.45, 7) is 11.4. The Hall–Kier alpha value is -1.59. The van der Waals surface area contributed by atoms with Crippen LogP contribution in [0.3, 0.4) is 0 Å². The Kier molecular flexibility index (Phi) is 49.6. The van der Waals surface area contributed by atoms with Gasteiger partial charge >= 0.3 is 17.9 Å². The number of rotatable bonds is 52. The fourth-order valence-electron chi connectivity index (χ4n) is 8.84. The molecule has 0 aromatic heterocycles. The quantitative estimate of drug-likeness (QED) is 0.0344. The maximum absolute atomic E-state index is 12.8. The fourth-order valence-corrected chi connectivity index (χ4v) is 8.84. The molecule has 0 aliphatic heterocycles. The van der Waals surface area contributed by atoms with Gasteiger partial charge in [0, 0.05) is 19.3 Å². The van der Waals surface area contributed by atoms with E-state index in [1.165, 1.54) is 212 Å². The molecule has 0 N–H and O–H groups in total. The van der Waals surface area contributed by atoms with Crippen molar-refractivity contribution in [1.82, 2.24) is 0 Å². The van der Waals surface area contributed by atoms with Gasteiger partial charge in [-0.3, -0.25) is 14.4 Å². The maximum atomic E-state index is 12.8. The molecule has 0 spiro atoms. The highest BCUT2D eigenvalue weighted by Gasteiger charge is 2.19. The van der Waals surface area contributed by atoms with Gasteiger partial charge in [0.15, 0.2) is 6.10 Å². The zero-order valence-electron chi connectivity index (χ0n) is 43.9. The molecule has 6 heteroatoms. The Morgan fingerprint density at radius 1 is 0.328 bits per heavy atom. The fraction of sp³-hybridized carbons (Fsp3) is 0.948. The van der Waals surface area contributed by atoms with Gasteiger partial charge in [0.05, 0.1) is 0 Å². The molecule has 0 saturated heterocycles. The lowest BCUT2D eigenvalue weighted by Gasteiger charge is -2.18. The van der Waals surface area contributed by atoms with Crippen LogP contribution in [0.15, 0.2) is 0 Å². The summed E-state index contributed by atoms with van der Waals surface area (Å²) >= 11 is 0. The molecule has 0 radical (unpaired) electrons. The first-order valence-electron chi connectivity index (χ1n) is 28.8. The molecule has 0 saturated carbocycles. The van der Waals surface area contributed by atoms with E-state index in [2.05, 4.69) is 34.6 Å². The lowest BCUT2D eigenvalue weighted by Crippen LogP contribution is -2.30. The highest BCUT2D eigenvalue weighted by Crippen LogP contribution is 2.18. The van der Waals surface area contributed by atoms with Gasteiger partial charge in [0.1, 0.15) is 13.2 Å². The first-order valence-corrected chi connectivity index (χ1v) is 28.8. The molecule has 2 atom stereocenters. The second-order valence-corrected chi connectivity index (χ2v) is 20.6. The van der Waals surface area contributed by atoms with Crippen LogP contribution in [-0.4, -0.2) is 37.2 Å². The largest absolute Gasteiger partial charge is 0.462 e. The lowest BCUT2D eigenvalue weighted by molar-refractivity contribution is -0.167. The Bertz CT molecular complexity index is 980. The summed E-state index contributed by atoms with van der Waals surface area (Å²) in [7, 11) is 0. The Morgan fingerprint density at radius 2 is 0.594 bits per heavy atom. The highest BCUT2D eigenvalue weighted by molar-refractivity contribution is 5.71. The van der Waals surface area contributed by atoms with Gasteiger partial charge in [0.25, 0.3) is 0 Å². The molecule has 0 aromatic rings. The van der Waals surface area contributed by atoms with Crippen molar-refractivity contribution < 1.29 is 28.6 Å². The zero-order valence-corrected chi connectivity index (χ0v) is 43.9.